The molecule has 162 valence electrons. The Morgan fingerprint density at radius 1 is 1.10 bits per heavy atom. The number of aromatic nitrogens is 3. The minimum atomic E-state index is -1.03. The lowest BCUT2D eigenvalue weighted by Gasteiger charge is -2.32. The molecule has 0 bridgehead atoms. The van der Waals surface area contributed by atoms with E-state index in [4.69, 9.17) is 23.2 Å². The average Bonchev–Trinajstić information content (AvgIpc) is 2.68. The van der Waals surface area contributed by atoms with Crippen LogP contribution in [0.4, 0.5) is 22.1 Å². The highest BCUT2D eigenvalue weighted by atomic mass is 35.5. The van der Waals surface area contributed by atoms with Crippen LogP contribution in [-0.2, 0) is 12.8 Å². The second kappa shape index (κ2) is 9.49. The third-order valence-corrected chi connectivity index (χ3v) is 4.97. The summed E-state index contributed by atoms with van der Waals surface area (Å²) in [6.45, 7) is 5.52. The van der Waals surface area contributed by atoms with E-state index in [1.807, 2.05) is 57.2 Å². The van der Waals surface area contributed by atoms with Crippen LogP contribution in [0.2, 0.25) is 10.3 Å². The average molecular weight is 460 g/mol. The van der Waals surface area contributed by atoms with Gasteiger partial charge >= 0.3 is 6.09 Å². The minimum Gasteiger partial charge on any atom is -0.465 e. The highest BCUT2D eigenvalue weighted by molar-refractivity contribution is 6.33. The number of benzene rings is 1. The molecule has 2 heterocycles. The fourth-order valence-electron chi connectivity index (χ4n) is 3.13. The zero-order valence-corrected chi connectivity index (χ0v) is 18.9. The van der Waals surface area contributed by atoms with Gasteiger partial charge in [0.2, 0.25) is 5.28 Å². The molecule has 2 N–H and O–H groups in total. The first-order valence-corrected chi connectivity index (χ1v) is 10.4. The molecule has 9 heteroatoms. The Hall–Kier alpha value is -2.90. The number of carbonyl (C=O) groups is 1. The van der Waals surface area contributed by atoms with Crippen molar-refractivity contribution in [1.82, 2.24) is 15.0 Å². The van der Waals surface area contributed by atoms with Crippen molar-refractivity contribution in [1.29, 1.82) is 0 Å². The predicted molar refractivity (Wildman–Crippen MR) is 124 cm³/mol. The van der Waals surface area contributed by atoms with Crippen LogP contribution in [-0.4, -0.2) is 31.7 Å². The van der Waals surface area contributed by atoms with Gasteiger partial charge < -0.3 is 10.4 Å². The molecule has 0 aliphatic heterocycles. The van der Waals surface area contributed by atoms with E-state index in [-0.39, 0.29) is 5.28 Å². The van der Waals surface area contributed by atoms with E-state index < -0.39 is 11.6 Å². The fourth-order valence-corrected chi connectivity index (χ4v) is 3.40. The predicted octanol–water partition coefficient (Wildman–Crippen LogP) is 5.99. The van der Waals surface area contributed by atoms with Gasteiger partial charge in [0.25, 0.3) is 0 Å². The van der Waals surface area contributed by atoms with E-state index in [0.717, 1.165) is 29.7 Å². The van der Waals surface area contributed by atoms with Gasteiger partial charge in [-0.05, 0) is 80.6 Å². The van der Waals surface area contributed by atoms with E-state index in [1.165, 1.54) is 11.1 Å². The van der Waals surface area contributed by atoms with Gasteiger partial charge in [0.05, 0.1) is 6.20 Å². The van der Waals surface area contributed by atoms with Crippen LogP contribution in [0.15, 0.2) is 48.8 Å². The summed E-state index contributed by atoms with van der Waals surface area (Å²) in [6, 6.07) is 11.6. The summed E-state index contributed by atoms with van der Waals surface area (Å²) < 4.78 is 0. The molecule has 31 heavy (non-hydrogen) atoms. The molecule has 1 amide bonds. The third kappa shape index (κ3) is 6.06. The van der Waals surface area contributed by atoms with Crippen LogP contribution >= 0.6 is 23.2 Å². The number of carboxylic acid groups (broad SMARTS) is 1. The maximum absolute atomic E-state index is 11.7. The van der Waals surface area contributed by atoms with E-state index in [9.17, 15) is 9.90 Å². The number of hydrogen-bond donors (Lipinski definition) is 2. The molecule has 0 spiro atoms. The monoisotopic (exact) mass is 459 g/mol. The number of rotatable bonds is 6. The van der Waals surface area contributed by atoms with Crippen LogP contribution in [0.3, 0.4) is 0 Å². The van der Waals surface area contributed by atoms with Gasteiger partial charge in [-0.2, -0.15) is 4.98 Å². The summed E-state index contributed by atoms with van der Waals surface area (Å²) >= 11 is 12.0. The van der Waals surface area contributed by atoms with Crippen molar-refractivity contribution in [3.8, 4) is 0 Å². The van der Waals surface area contributed by atoms with Crippen molar-refractivity contribution in [3.05, 3.63) is 70.2 Å². The molecule has 0 radical (unpaired) electrons. The summed E-state index contributed by atoms with van der Waals surface area (Å²) in [5, 5.41) is 13.2. The maximum atomic E-state index is 11.7. The zero-order chi connectivity index (χ0) is 22.6. The van der Waals surface area contributed by atoms with Gasteiger partial charge in [0, 0.05) is 17.4 Å². The molecular formula is C22H23Cl2N5O2. The van der Waals surface area contributed by atoms with Crippen molar-refractivity contribution in [2.45, 2.75) is 39.2 Å². The van der Waals surface area contributed by atoms with Gasteiger partial charge in [-0.1, -0.05) is 23.7 Å². The first-order chi connectivity index (χ1) is 14.6. The van der Waals surface area contributed by atoms with Crippen LogP contribution in [0.25, 0.3) is 0 Å². The van der Waals surface area contributed by atoms with Crippen molar-refractivity contribution in [2.75, 3.05) is 10.2 Å². The quantitative estimate of drug-likeness (QED) is 0.439. The Morgan fingerprint density at radius 2 is 1.81 bits per heavy atom. The molecule has 1 aromatic carbocycles. The van der Waals surface area contributed by atoms with E-state index in [0.29, 0.717) is 16.7 Å². The second-order valence-corrected chi connectivity index (χ2v) is 8.72. The molecule has 3 aromatic rings. The fraction of sp³-hybridized carbons (Fsp3) is 0.273. The summed E-state index contributed by atoms with van der Waals surface area (Å²) in [6.07, 6.45) is 3.56. The first kappa shape index (κ1) is 22.8. The number of nitrogens with one attached hydrogen (secondary N) is 1. The SMILES string of the molecule is CC(C)(C)N(C(=O)O)c1cc(CCc2cccc(Nc3nc(Cl)ncc3Cl)c2)ccn1. The number of aryl methyl sites for hydroxylation is 2. The van der Waals surface area contributed by atoms with Gasteiger partial charge in [-0.3, -0.25) is 4.90 Å². The second-order valence-electron chi connectivity index (χ2n) is 7.97. The van der Waals surface area contributed by atoms with Crippen LogP contribution in [0, 0.1) is 0 Å². The molecule has 0 fully saturated rings. The van der Waals surface area contributed by atoms with Gasteiger partial charge in [-0.15, -0.1) is 0 Å². The topological polar surface area (TPSA) is 91.2 Å². The lowest BCUT2D eigenvalue weighted by atomic mass is 10.0. The molecule has 0 saturated carbocycles. The van der Waals surface area contributed by atoms with Crippen LogP contribution in [0.1, 0.15) is 31.9 Å². The largest absolute Gasteiger partial charge is 0.465 e. The Morgan fingerprint density at radius 3 is 2.48 bits per heavy atom. The number of hydrogen-bond acceptors (Lipinski definition) is 5. The zero-order valence-electron chi connectivity index (χ0n) is 17.4. The van der Waals surface area contributed by atoms with E-state index in [1.54, 1.807) is 6.20 Å². The lowest BCUT2D eigenvalue weighted by molar-refractivity contribution is 0.195. The molecule has 0 unspecified atom stereocenters. The summed E-state index contributed by atoms with van der Waals surface area (Å²) in [5.74, 6) is 0.858. The summed E-state index contributed by atoms with van der Waals surface area (Å²) in [5.41, 5.74) is 2.34. The third-order valence-electron chi connectivity index (χ3n) is 4.51. The summed E-state index contributed by atoms with van der Waals surface area (Å²) in [4.78, 5) is 25.2. The van der Waals surface area contributed by atoms with E-state index >= 15 is 0 Å². The van der Waals surface area contributed by atoms with Crippen LogP contribution in [0.5, 0.6) is 0 Å². The smallest absolute Gasteiger partial charge is 0.413 e. The Kier molecular flexibility index (Phi) is 6.97. The molecule has 2 aromatic heterocycles. The van der Waals surface area contributed by atoms with Crippen molar-refractivity contribution < 1.29 is 9.90 Å². The summed E-state index contributed by atoms with van der Waals surface area (Å²) in [7, 11) is 0. The Labute approximate surface area is 191 Å². The molecule has 0 atom stereocenters. The Balaban J connectivity index is 1.73. The molecule has 0 saturated heterocycles. The molecule has 0 aliphatic carbocycles. The molecule has 7 nitrogen and oxygen atoms in total. The van der Waals surface area contributed by atoms with Crippen LogP contribution < -0.4 is 10.2 Å². The van der Waals surface area contributed by atoms with E-state index in [2.05, 4.69) is 20.3 Å². The Bertz CT molecular complexity index is 1090. The highest BCUT2D eigenvalue weighted by Crippen LogP contribution is 2.25. The lowest BCUT2D eigenvalue weighted by Crippen LogP contribution is -2.45. The van der Waals surface area contributed by atoms with Crippen molar-refractivity contribution in [2.24, 2.45) is 0 Å². The normalized spacial score (nSPS) is 11.3. The number of anilines is 3. The van der Waals surface area contributed by atoms with Crippen molar-refractivity contribution in [3.63, 3.8) is 0 Å². The minimum absolute atomic E-state index is 0.113. The molecule has 3 rings (SSSR count). The molecule has 0 aliphatic rings. The van der Waals surface area contributed by atoms with Gasteiger partial charge in [-0.25, -0.2) is 14.8 Å². The molecular weight excluding hydrogens is 437 g/mol. The number of halogens is 2. The highest BCUT2D eigenvalue weighted by Gasteiger charge is 2.28. The standard InChI is InChI=1S/C22H23Cl2N5O2/c1-22(2,3)29(21(30)31)18-12-15(9-10-25-18)8-7-14-5-4-6-16(11-14)27-19-17(23)13-26-20(24)28-19/h4-6,9-13H,7-8H2,1-3H3,(H,30,31)(H,26,27,28). The van der Waals surface area contributed by atoms with Gasteiger partial charge in [0.1, 0.15) is 10.8 Å². The number of pyridine rings is 1. The van der Waals surface area contributed by atoms with Gasteiger partial charge in [0.15, 0.2) is 5.82 Å². The maximum Gasteiger partial charge on any atom is 0.413 e. The first-order valence-electron chi connectivity index (χ1n) is 9.65. The number of nitrogens with zero attached hydrogens (tertiary/aromatic N) is 4. The van der Waals surface area contributed by atoms with Crippen molar-refractivity contribution >= 4 is 46.6 Å². The number of amides is 1.